The van der Waals surface area contributed by atoms with Crippen LogP contribution in [0.3, 0.4) is 0 Å². The molecule has 3 N–H and O–H groups in total. The lowest BCUT2D eigenvalue weighted by Gasteiger charge is -2.09. The van der Waals surface area contributed by atoms with E-state index < -0.39 is 12.1 Å². The average molecular weight is 217 g/mol. The van der Waals surface area contributed by atoms with Gasteiger partial charge in [0.2, 0.25) is 0 Å². The number of nitrogens with one attached hydrogen (secondary N) is 1. The van der Waals surface area contributed by atoms with Crippen molar-refractivity contribution in [1.82, 2.24) is 9.97 Å². The molecule has 0 unspecified atom stereocenters. The summed E-state index contributed by atoms with van der Waals surface area (Å²) in [5, 5.41) is 0. The number of alkyl halides is 3. The van der Waals surface area contributed by atoms with Crippen LogP contribution >= 0.6 is 0 Å². The number of aromatic nitrogens is 2. The molecule has 0 spiro atoms. The van der Waals surface area contributed by atoms with Crippen molar-refractivity contribution in [1.29, 1.82) is 0 Å². The SMILES string of the molecule is Nc1cc(OC(F)(F)F)c2nc[nH]c2c1. The third-order valence-electron chi connectivity index (χ3n) is 1.74. The Bertz CT molecular complexity index is 491. The Morgan fingerprint density at radius 1 is 1.33 bits per heavy atom. The zero-order valence-electron chi connectivity index (χ0n) is 7.30. The minimum absolute atomic E-state index is 0.0986. The molecule has 0 saturated carbocycles. The second-order valence-corrected chi connectivity index (χ2v) is 2.87. The van der Waals surface area contributed by atoms with E-state index in [-0.39, 0.29) is 11.2 Å². The number of nitrogens with two attached hydrogens (primary N) is 1. The van der Waals surface area contributed by atoms with Crippen LogP contribution in [0.5, 0.6) is 5.75 Å². The van der Waals surface area contributed by atoms with Gasteiger partial charge in [-0.3, -0.25) is 0 Å². The monoisotopic (exact) mass is 217 g/mol. The first kappa shape index (κ1) is 9.63. The van der Waals surface area contributed by atoms with Crippen LogP contribution < -0.4 is 10.5 Å². The molecule has 15 heavy (non-hydrogen) atoms. The van der Waals surface area contributed by atoms with E-state index >= 15 is 0 Å². The highest BCUT2D eigenvalue weighted by molar-refractivity contribution is 5.84. The van der Waals surface area contributed by atoms with Gasteiger partial charge in [-0.25, -0.2) is 4.98 Å². The van der Waals surface area contributed by atoms with Crippen LogP contribution in [0.1, 0.15) is 0 Å². The second-order valence-electron chi connectivity index (χ2n) is 2.87. The molecule has 0 bridgehead atoms. The number of nitrogen functional groups attached to an aromatic ring is 1. The number of hydrogen-bond acceptors (Lipinski definition) is 3. The Morgan fingerprint density at radius 3 is 2.73 bits per heavy atom. The fourth-order valence-electron chi connectivity index (χ4n) is 1.24. The third-order valence-corrected chi connectivity index (χ3v) is 1.74. The summed E-state index contributed by atoms with van der Waals surface area (Å²) in [6, 6.07) is 2.56. The molecule has 0 aliphatic carbocycles. The predicted molar refractivity (Wildman–Crippen MR) is 47.2 cm³/mol. The number of benzene rings is 1. The number of aromatic amines is 1. The van der Waals surface area contributed by atoms with E-state index in [4.69, 9.17) is 5.73 Å². The molecular formula is C8H6F3N3O. The minimum atomic E-state index is -4.75. The minimum Gasteiger partial charge on any atom is -0.403 e. The molecule has 0 saturated heterocycles. The molecule has 2 rings (SSSR count). The molecule has 1 heterocycles. The van der Waals surface area contributed by atoms with Crippen molar-refractivity contribution >= 4 is 16.7 Å². The average Bonchev–Trinajstić information content (AvgIpc) is 2.48. The number of nitrogens with zero attached hydrogens (tertiary/aromatic N) is 1. The molecule has 0 fully saturated rings. The van der Waals surface area contributed by atoms with Crippen molar-refractivity contribution in [2.45, 2.75) is 6.36 Å². The molecular weight excluding hydrogens is 211 g/mol. The fraction of sp³-hybridized carbons (Fsp3) is 0.125. The van der Waals surface area contributed by atoms with Gasteiger partial charge in [-0.15, -0.1) is 13.2 Å². The molecule has 0 amide bonds. The standard InChI is InChI=1S/C8H6F3N3O/c9-8(10,11)15-6-2-4(12)1-5-7(6)14-3-13-5/h1-3H,12H2,(H,13,14). The van der Waals surface area contributed by atoms with Gasteiger partial charge in [0.1, 0.15) is 5.52 Å². The molecule has 4 nitrogen and oxygen atoms in total. The maximum absolute atomic E-state index is 12.0. The Hall–Kier alpha value is -1.92. The van der Waals surface area contributed by atoms with Crippen LogP contribution in [-0.2, 0) is 0 Å². The summed E-state index contributed by atoms with van der Waals surface area (Å²) in [4.78, 5) is 6.36. The van der Waals surface area contributed by atoms with E-state index in [2.05, 4.69) is 14.7 Å². The molecule has 2 aromatic rings. The zero-order chi connectivity index (χ0) is 11.1. The van der Waals surface area contributed by atoms with Gasteiger partial charge >= 0.3 is 6.36 Å². The normalized spacial score (nSPS) is 11.9. The highest BCUT2D eigenvalue weighted by Crippen LogP contribution is 2.30. The number of anilines is 1. The van der Waals surface area contributed by atoms with Crippen molar-refractivity contribution in [3.8, 4) is 5.75 Å². The summed E-state index contributed by atoms with van der Waals surface area (Å²) in [5.41, 5.74) is 6.08. The maximum atomic E-state index is 12.0. The predicted octanol–water partition coefficient (Wildman–Crippen LogP) is 2.04. The van der Waals surface area contributed by atoms with E-state index in [0.717, 1.165) is 6.07 Å². The molecule has 0 aliphatic heterocycles. The lowest BCUT2D eigenvalue weighted by atomic mass is 10.2. The lowest BCUT2D eigenvalue weighted by Crippen LogP contribution is -2.17. The molecule has 0 aliphatic rings. The van der Waals surface area contributed by atoms with E-state index in [1.165, 1.54) is 12.4 Å². The number of hydrogen-bond donors (Lipinski definition) is 2. The number of imidazole rings is 1. The van der Waals surface area contributed by atoms with Gasteiger partial charge in [-0.1, -0.05) is 0 Å². The molecule has 80 valence electrons. The topological polar surface area (TPSA) is 63.9 Å². The number of H-pyrrole nitrogens is 1. The van der Waals surface area contributed by atoms with Gasteiger partial charge < -0.3 is 15.5 Å². The van der Waals surface area contributed by atoms with Crippen molar-refractivity contribution in [3.05, 3.63) is 18.5 Å². The van der Waals surface area contributed by atoms with E-state index in [0.29, 0.717) is 5.52 Å². The van der Waals surface area contributed by atoms with Crippen molar-refractivity contribution in [2.24, 2.45) is 0 Å². The van der Waals surface area contributed by atoms with Crippen LogP contribution in [0.15, 0.2) is 18.5 Å². The van der Waals surface area contributed by atoms with Crippen molar-refractivity contribution < 1.29 is 17.9 Å². The lowest BCUT2D eigenvalue weighted by molar-refractivity contribution is -0.274. The van der Waals surface area contributed by atoms with Gasteiger partial charge in [0.15, 0.2) is 5.75 Å². The van der Waals surface area contributed by atoms with Crippen molar-refractivity contribution in [3.63, 3.8) is 0 Å². The Morgan fingerprint density at radius 2 is 2.07 bits per heavy atom. The summed E-state index contributed by atoms with van der Waals surface area (Å²) in [6.07, 6.45) is -3.48. The van der Waals surface area contributed by atoms with E-state index in [9.17, 15) is 13.2 Å². The summed E-state index contributed by atoms with van der Waals surface area (Å²) < 4.78 is 39.8. The summed E-state index contributed by atoms with van der Waals surface area (Å²) in [5.74, 6) is -0.404. The van der Waals surface area contributed by atoms with Gasteiger partial charge in [0.05, 0.1) is 11.8 Å². The summed E-state index contributed by atoms with van der Waals surface area (Å²) in [7, 11) is 0. The number of fused-ring (bicyclic) bond motifs is 1. The van der Waals surface area contributed by atoms with Crippen LogP contribution in [0.4, 0.5) is 18.9 Å². The number of ether oxygens (including phenoxy) is 1. The number of halogens is 3. The highest BCUT2D eigenvalue weighted by atomic mass is 19.4. The zero-order valence-corrected chi connectivity index (χ0v) is 7.30. The smallest absolute Gasteiger partial charge is 0.403 e. The largest absolute Gasteiger partial charge is 0.573 e. The van der Waals surface area contributed by atoms with Crippen molar-refractivity contribution in [2.75, 3.05) is 5.73 Å². The Kier molecular flexibility index (Phi) is 1.95. The highest BCUT2D eigenvalue weighted by Gasteiger charge is 2.32. The van der Waals surface area contributed by atoms with E-state index in [1.807, 2.05) is 0 Å². The second kappa shape index (κ2) is 3.04. The Labute approximate surface area is 81.9 Å². The van der Waals surface area contributed by atoms with Gasteiger partial charge in [0.25, 0.3) is 0 Å². The van der Waals surface area contributed by atoms with Gasteiger partial charge in [0, 0.05) is 11.8 Å². The first-order chi connectivity index (χ1) is 6.96. The molecule has 0 radical (unpaired) electrons. The van der Waals surface area contributed by atoms with Crippen LogP contribution in [0.25, 0.3) is 11.0 Å². The van der Waals surface area contributed by atoms with Crippen LogP contribution in [-0.4, -0.2) is 16.3 Å². The fourth-order valence-corrected chi connectivity index (χ4v) is 1.24. The maximum Gasteiger partial charge on any atom is 0.573 e. The molecule has 1 aromatic carbocycles. The van der Waals surface area contributed by atoms with Crippen LogP contribution in [0, 0.1) is 0 Å². The van der Waals surface area contributed by atoms with Crippen LogP contribution in [0.2, 0.25) is 0 Å². The summed E-state index contributed by atoms with van der Waals surface area (Å²) in [6.45, 7) is 0. The Balaban J connectivity index is 2.53. The third kappa shape index (κ3) is 1.95. The van der Waals surface area contributed by atoms with E-state index in [1.54, 1.807) is 0 Å². The number of rotatable bonds is 1. The molecule has 7 heteroatoms. The molecule has 0 atom stereocenters. The first-order valence-electron chi connectivity index (χ1n) is 3.94. The quantitative estimate of drug-likeness (QED) is 0.718. The molecule has 1 aromatic heterocycles. The van der Waals surface area contributed by atoms with Gasteiger partial charge in [-0.2, -0.15) is 0 Å². The van der Waals surface area contributed by atoms with Gasteiger partial charge in [-0.05, 0) is 6.07 Å². The summed E-state index contributed by atoms with van der Waals surface area (Å²) >= 11 is 0. The first-order valence-corrected chi connectivity index (χ1v) is 3.94.